The molecular formula is C14H27N3O2. The Bertz CT molecular complexity index is 305. The van der Waals surface area contributed by atoms with Gasteiger partial charge in [0.25, 0.3) is 0 Å². The van der Waals surface area contributed by atoms with Crippen LogP contribution >= 0.6 is 0 Å². The first kappa shape index (κ1) is 14.8. The number of likely N-dealkylation sites (tertiary alicyclic amines) is 1. The largest absolute Gasteiger partial charge is 0.379 e. The van der Waals surface area contributed by atoms with Gasteiger partial charge in [-0.3, -0.25) is 9.69 Å². The second kappa shape index (κ2) is 6.68. The zero-order chi connectivity index (χ0) is 13.8. The van der Waals surface area contributed by atoms with Crippen molar-refractivity contribution in [3.8, 4) is 0 Å². The molecule has 0 aromatic heterocycles. The number of piperidine rings is 1. The molecule has 3 unspecified atom stereocenters. The number of methoxy groups -OCH3 is 1. The lowest BCUT2D eigenvalue weighted by molar-refractivity contribution is -0.141. The summed E-state index contributed by atoms with van der Waals surface area (Å²) in [5.74, 6) is 0.805. The van der Waals surface area contributed by atoms with Crippen LogP contribution in [0.4, 0.5) is 0 Å². The average Bonchev–Trinajstić information content (AvgIpc) is 2.47. The van der Waals surface area contributed by atoms with Crippen LogP contribution in [0.25, 0.3) is 0 Å². The van der Waals surface area contributed by atoms with Crippen LogP contribution in [-0.2, 0) is 9.53 Å². The van der Waals surface area contributed by atoms with E-state index in [4.69, 9.17) is 4.74 Å². The first-order valence-corrected chi connectivity index (χ1v) is 7.40. The molecule has 2 aliphatic rings. The predicted molar refractivity (Wildman–Crippen MR) is 75.1 cm³/mol. The van der Waals surface area contributed by atoms with Crippen LogP contribution in [0.15, 0.2) is 0 Å². The Balaban J connectivity index is 1.91. The fourth-order valence-electron chi connectivity index (χ4n) is 3.03. The summed E-state index contributed by atoms with van der Waals surface area (Å²) in [7, 11) is 1.74. The minimum atomic E-state index is -0.00647. The molecular weight excluding hydrogens is 242 g/mol. The number of carbonyl (C=O) groups excluding carboxylic acids is 1. The zero-order valence-corrected chi connectivity index (χ0v) is 12.4. The van der Waals surface area contributed by atoms with Gasteiger partial charge in [0.2, 0.25) is 5.91 Å². The number of piperazine rings is 1. The van der Waals surface area contributed by atoms with Crippen LogP contribution in [0.3, 0.4) is 0 Å². The molecule has 2 rings (SSSR count). The smallest absolute Gasteiger partial charge is 0.239 e. The maximum absolute atomic E-state index is 12.6. The topological polar surface area (TPSA) is 44.8 Å². The molecule has 0 spiro atoms. The Hall–Kier alpha value is -0.650. The van der Waals surface area contributed by atoms with E-state index >= 15 is 0 Å². The molecule has 0 radical (unpaired) electrons. The molecule has 2 aliphatic heterocycles. The Morgan fingerprint density at radius 2 is 2.00 bits per heavy atom. The minimum absolute atomic E-state index is 0.00647. The molecule has 0 saturated carbocycles. The number of ether oxygens (including phenoxy) is 1. The molecule has 0 aromatic rings. The van der Waals surface area contributed by atoms with Gasteiger partial charge in [-0.25, -0.2) is 0 Å². The molecule has 110 valence electrons. The van der Waals surface area contributed by atoms with Gasteiger partial charge in [0, 0.05) is 46.4 Å². The van der Waals surface area contributed by atoms with Crippen molar-refractivity contribution < 1.29 is 9.53 Å². The summed E-state index contributed by atoms with van der Waals surface area (Å²) in [6, 6.07) is -0.00647. The highest BCUT2D eigenvalue weighted by molar-refractivity contribution is 5.81. The van der Waals surface area contributed by atoms with E-state index in [0.717, 1.165) is 45.7 Å². The molecule has 19 heavy (non-hydrogen) atoms. The summed E-state index contributed by atoms with van der Waals surface area (Å²) in [5.41, 5.74) is 0. The first-order chi connectivity index (χ1) is 9.13. The van der Waals surface area contributed by atoms with Crippen molar-refractivity contribution in [2.24, 2.45) is 5.92 Å². The molecule has 5 heteroatoms. The maximum Gasteiger partial charge on any atom is 0.239 e. The van der Waals surface area contributed by atoms with Crippen molar-refractivity contribution in [2.45, 2.75) is 32.4 Å². The van der Waals surface area contributed by atoms with Gasteiger partial charge in [-0.2, -0.15) is 0 Å². The van der Waals surface area contributed by atoms with Gasteiger partial charge in [-0.15, -0.1) is 0 Å². The number of rotatable bonds is 3. The van der Waals surface area contributed by atoms with E-state index in [0.29, 0.717) is 5.92 Å². The van der Waals surface area contributed by atoms with Gasteiger partial charge < -0.3 is 15.0 Å². The number of carbonyl (C=O) groups is 1. The molecule has 2 fully saturated rings. The third-order valence-electron chi connectivity index (χ3n) is 4.56. The summed E-state index contributed by atoms with van der Waals surface area (Å²) in [6.45, 7) is 9.74. The summed E-state index contributed by atoms with van der Waals surface area (Å²) in [5, 5.41) is 3.32. The van der Waals surface area contributed by atoms with Crippen molar-refractivity contribution in [2.75, 3.05) is 46.4 Å². The molecule has 0 bridgehead atoms. The van der Waals surface area contributed by atoms with E-state index in [9.17, 15) is 4.79 Å². The standard InChI is InChI=1S/C14H27N3O2/c1-11-4-7-17(10-13(11)19-3)14(18)12(2)16-8-5-15-6-9-16/h11-13,15H,4-10H2,1-3H3. The minimum Gasteiger partial charge on any atom is -0.379 e. The Labute approximate surface area is 116 Å². The summed E-state index contributed by atoms with van der Waals surface area (Å²) in [6.07, 6.45) is 1.23. The highest BCUT2D eigenvalue weighted by atomic mass is 16.5. The highest BCUT2D eigenvalue weighted by Crippen LogP contribution is 2.20. The normalized spacial score (nSPS) is 31.2. The summed E-state index contributed by atoms with van der Waals surface area (Å²) >= 11 is 0. The van der Waals surface area contributed by atoms with Gasteiger partial charge in [-0.1, -0.05) is 6.92 Å². The Morgan fingerprint density at radius 3 is 2.63 bits per heavy atom. The molecule has 2 heterocycles. The molecule has 0 aliphatic carbocycles. The van der Waals surface area contributed by atoms with Gasteiger partial charge in [0.05, 0.1) is 12.1 Å². The van der Waals surface area contributed by atoms with Gasteiger partial charge >= 0.3 is 0 Å². The number of amides is 1. The lowest BCUT2D eigenvalue weighted by atomic mass is 9.95. The van der Waals surface area contributed by atoms with Crippen molar-refractivity contribution in [1.29, 1.82) is 0 Å². The summed E-state index contributed by atoms with van der Waals surface area (Å²) in [4.78, 5) is 16.8. The zero-order valence-electron chi connectivity index (χ0n) is 12.4. The SMILES string of the molecule is COC1CN(C(=O)C(C)N2CCNCC2)CCC1C. The quantitative estimate of drug-likeness (QED) is 0.793. The Morgan fingerprint density at radius 1 is 1.32 bits per heavy atom. The fraction of sp³-hybridized carbons (Fsp3) is 0.929. The second-order valence-electron chi connectivity index (χ2n) is 5.79. The second-order valence-corrected chi connectivity index (χ2v) is 5.79. The number of hydrogen-bond acceptors (Lipinski definition) is 4. The molecule has 3 atom stereocenters. The number of nitrogens with one attached hydrogen (secondary N) is 1. The summed E-state index contributed by atoms with van der Waals surface area (Å²) < 4.78 is 5.49. The van der Waals surface area contributed by atoms with E-state index in [1.807, 2.05) is 11.8 Å². The fourth-order valence-corrected chi connectivity index (χ4v) is 3.03. The maximum atomic E-state index is 12.6. The first-order valence-electron chi connectivity index (χ1n) is 7.40. The third kappa shape index (κ3) is 3.46. The van der Waals surface area contributed by atoms with Crippen molar-refractivity contribution in [3.05, 3.63) is 0 Å². The molecule has 1 N–H and O–H groups in total. The van der Waals surface area contributed by atoms with Gasteiger partial charge in [-0.05, 0) is 19.3 Å². The van der Waals surface area contributed by atoms with Crippen LogP contribution in [0, 0.1) is 5.92 Å². The van der Waals surface area contributed by atoms with E-state index in [1.165, 1.54) is 0 Å². The van der Waals surface area contributed by atoms with E-state index in [2.05, 4.69) is 17.1 Å². The van der Waals surface area contributed by atoms with Crippen LogP contribution in [0.1, 0.15) is 20.3 Å². The van der Waals surface area contributed by atoms with E-state index < -0.39 is 0 Å². The molecule has 5 nitrogen and oxygen atoms in total. The van der Waals surface area contributed by atoms with Crippen LogP contribution in [0.2, 0.25) is 0 Å². The van der Waals surface area contributed by atoms with Crippen LogP contribution in [0.5, 0.6) is 0 Å². The van der Waals surface area contributed by atoms with E-state index in [-0.39, 0.29) is 18.1 Å². The molecule has 0 aromatic carbocycles. The number of hydrogen-bond donors (Lipinski definition) is 1. The van der Waals surface area contributed by atoms with Crippen LogP contribution in [-0.4, -0.2) is 74.2 Å². The lowest BCUT2D eigenvalue weighted by Crippen LogP contribution is -2.56. The van der Waals surface area contributed by atoms with Crippen molar-refractivity contribution in [1.82, 2.24) is 15.1 Å². The lowest BCUT2D eigenvalue weighted by Gasteiger charge is -2.40. The molecule has 2 saturated heterocycles. The predicted octanol–water partition coefficient (Wildman–Crippen LogP) is 0.164. The van der Waals surface area contributed by atoms with Crippen molar-refractivity contribution >= 4 is 5.91 Å². The van der Waals surface area contributed by atoms with Gasteiger partial charge in [0.1, 0.15) is 0 Å². The highest BCUT2D eigenvalue weighted by Gasteiger charge is 2.32. The Kier molecular flexibility index (Phi) is 5.19. The third-order valence-corrected chi connectivity index (χ3v) is 4.56. The van der Waals surface area contributed by atoms with Crippen molar-refractivity contribution in [3.63, 3.8) is 0 Å². The number of nitrogens with zero attached hydrogens (tertiary/aromatic N) is 2. The van der Waals surface area contributed by atoms with E-state index in [1.54, 1.807) is 7.11 Å². The molecule has 1 amide bonds. The van der Waals surface area contributed by atoms with Crippen LogP contribution < -0.4 is 5.32 Å². The van der Waals surface area contributed by atoms with Gasteiger partial charge in [0.15, 0.2) is 0 Å². The monoisotopic (exact) mass is 269 g/mol. The average molecular weight is 269 g/mol.